The molecule has 0 spiro atoms. The smallest absolute Gasteiger partial charge is 0.416 e. The molecule has 1 N–H and O–H groups in total. The lowest BCUT2D eigenvalue weighted by atomic mass is 10.1. The molecule has 0 radical (unpaired) electrons. The van der Waals surface area contributed by atoms with Gasteiger partial charge < -0.3 is 14.6 Å². The third-order valence-electron chi connectivity index (χ3n) is 5.14. The van der Waals surface area contributed by atoms with Gasteiger partial charge in [-0.1, -0.05) is 6.07 Å². The highest BCUT2D eigenvalue weighted by Gasteiger charge is 2.30. The number of anilines is 2. The summed E-state index contributed by atoms with van der Waals surface area (Å²) < 4.78 is 43.6. The van der Waals surface area contributed by atoms with Gasteiger partial charge in [0.1, 0.15) is 5.82 Å². The van der Waals surface area contributed by atoms with Gasteiger partial charge in [-0.25, -0.2) is 4.98 Å². The van der Waals surface area contributed by atoms with E-state index in [4.69, 9.17) is 4.42 Å². The predicted molar refractivity (Wildman–Crippen MR) is 110 cm³/mol. The number of halogens is 3. The summed E-state index contributed by atoms with van der Waals surface area (Å²) in [6, 6.07) is 9.78. The van der Waals surface area contributed by atoms with Crippen LogP contribution in [0.5, 0.6) is 0 Å². The van der Waals surface area contributed by atoms with E-state index < -0.39 is 17.6 Å². The van der Waals surface area contributed by atoms with Gasteiger partial charge in [0.2, 0.25) is 0 Å². The number of hydrogen-bond acceptors (Lipinski definition) is 5. The van der Waals surface area contributed by atoms with Gasteiger partial charge in [0, 0.05) is 43.9 Å². The number of aromatic nitrogens is 1. The number of hydrogen-bond donors (Lipinski definition) is 1. The number of carbonyl (C=O) groups is 1. The van der Waals surface area contributed by atoms with Gasteiger partial charge in [0.25, 0.3) is 5.91 Å². The summed E-state index contributed by atoms with van der Waals surface area (Å²) in [5.74, 6) is 0.175. The Hall–Kier alpha value is -3.33. The standard InChI is InChI=1S/C22H21F3N4O2/c23-22(24,25)18-3-1-2-17(12-18)21(30)27-19-4-5-20(26-13-19)29-9-7-28(8-10-29)14-16-6-11-31-15-16/h1-6,11-13,15H,7-10,14H2,(H,27,30). The average molecular weight is 430 g/mol. The summed E-state index contributed by atoms with van der Waals surface area (Å²) in [7, 11) is 0. The van der Waals surface area contributed by atoms with E-state index in [1.54, 1.807) is 24.7 Å². The first kappa shape index (κ1) is 20.9. The number of alkyl halides is 3. The van der Waals surface area contributed by atoms with Crippen LogP contribution in [0.4, 0.5) is 24.7 Å². The van der Waals surface area contributed by atoms with Crippen LogP contribution in [0.1, 0.15) is 21.5 Å². The molecule has 3 aromatic rings. The van der Waals surface area contributed by atoms with Gasteiger partial charge in [-0.15, -0.1) is 0 Å². The molecule has 1 fully saturated rings. The molecular weight excluding hydrogens is 409 g/mol. The number of nitrogens with one attached hydrogen (secondary N) is 1. The normalized spacial score (nSPS) is 15.1. The summed E-state index contributed by atoms with van der Waals surface area (Å²) in [6.07, 6.45) is 0.434. The molecule has 0 atom stereocenters. The second-order valence-corrected chi connectivity index (χ2v) is 7.33. The SMILES string of the molecule is O=C(Nc1ccc(N2CCN(Cc3ccoc3)CC2)nc1)c1cccc(C(F)(F)F)c1. The van der Waals surface area contributed by atoms with Crippen molar-refractivity contribution < 1.29 is 22.4 Å². The molecule has 1 aliphatic heterocycles. The van der Waals surface area contributed by atoms with E-state index in [1.165, 1.54) is 18.3 Å². The molecular formula is C22H21F3N4O2. The van der Waals surface area contributed by atoms with Crippen LogP contribution in [0.2, 0.25) is 0 Å². The van der Waals surface area contributed by atoms with Crippen LogP contribution in [-0.2, 0) is 12.7 Å². The molecule has 0 bridgehead atoms. The first-order valence-corrected chi connectivity index (χ1v) is 9.81. The van der Waals surface area contributed by atoms with Gasteiger partial charge >= 0.3 is 6.18 Å². The Labute approximate surface area is 177 Å². The van der Waals surface area contributed by atoms with Crippen molar-refractivity contribution >= 4 is 17.4 Å². The van der Waals surface area contributed by atoms with Crippen LogP contribution < -0.4 is 10.2 Å². The monoisotopic (exact) mass is 430 g/mol. The zero-order chi connectivity index (χ0) is 21.8. The van der Waals surface area contributed by atoms with Crippen LogP contribution in [0.3, 0.4) is 0 Å². The largest absolute Gasteiger partial charge is 0.472 e. The van der Waals surface area contributed by atoms with Crippen LogP contribution >= 0.6 is 0 Å². The highest BCUT2D eigenvalue weighted by atomic mass is 19.4. The Morgan fingerprint density at radius 3 is 2.55 bits per heavy atom. The van der Waals surface area contributed by atoms with Crippen molar-refractivity contribution in [3.05, 3.63) is 77.9 Å². The molecule has 6 nitrogen and oxygen atoms in total. The number of nitrogens with zero attached hydrogens (tertiary/aromatic N) is 3. The first-order valence-electron chi connectivity index (χ1n) is 9.81. The summed E-state index contributed by atoms with van der Waals surface area (Å²) in [4.78, 5) is 21.2. The summed E-state index contributed by atoms with van der Waals surface area (Å²) in [6.45, 7) is 4.27. The zero-order valence-corrected chi connectivity index (χ0v) is 16.6. The number of rotatable bonds is 5. The van der Waals surface area contributed by atoms with E-state index in [-0.39, 0.29) is 5.56 Å². The minimum absolute atomic E-state index is 0.0624. The van der Waals surface area contributed by atoms with E-state index in [1.807, 2.05) is 6.07 Å². The van der Waals surface area contributed by atoms with Crippen LogP contribution in [0.15, 0.2) is 65.6 Å². The lowest BCUT2D eigenvalue weighted by molar-refractivity contribution is -0.137. The first-order chi connectivity index (χ1) is 14.9. The highest BCUT2D eigenvalue weighted by Crippen LogP contribution is 2.29. The molecule has 1 saturated heterocycles. The number of furan rings is 1. The van der Waals surface area contributed by atoms with E-state index in [0.717, 1.165) is 56.2 Å². The van der Waals surface area contributed by atoms with Crippen molar-refractivity contribution in [2.45, 2.75) is 12.7 Å². The second kappa shape index (κ2) is 8.81. The fraction of sp³-hybridized carbons (Fsp3) is 0.273. The molecule has 1 aliphatic rings. The lowest BCUT2D eigenvalue weighted by Gasteiger charge is -2.35. The van der Waals surface area contributed by atoms with Crippen LogP contribution in [0, 0.1) is 0 Å². The van der Waals surface area contributed by atoms with E-state index in [9.17, 15) is 18.0 Å². The number of benzene rings is 1. The topological polar surface area (TPSA) is 61.6 Å². The molecule has 1 aromatic carbocycles. The third-order valence-corrected chi connectivity index (χ3v) is 5.14. The van der Waals surface area contributed by atoms with Gasteiger partial charge in [0.15, 0.2) is 0 Å². The Morgan fingerprint density at radius 2 is 1.90 bits per heavy atom. The average Bonchev–Trinajstić information content (AvgIpc) is 3.27. The minimum Gasteiger partial charge on any atom is -0.472 e. The fourth-order valence-electron chi connectivity index (χ4n) is 3.46. The van der Waals surface area contributed by atoms with Gasteiger partial charge in [-0.3, -0.25) is 9.69 Å². The number of piperazine rings is 1. The Morgan fingerprint density at radius 1 is 1.10 bits per heavy atom. The van der Waals surface area contributed by atoms with Crippen molar-refractivity contribution in [3.63, 3.8) is 0 Å². The van der Waals surface area contributed by atoms with E-state index in [0.29, 0.717) is 5.69 Å². The van der Waals surface area contributed by atoms with Crippen molar-refractivity contribution in [1.29, 1.82) is 0 Å². The number of carbonyl (C=O) groups excluding carboxylic acids is 1. The Kier molecular flexibility index (Phi) is 5.94. The van der Waals surface area contributed by atoms with Crippen molar-refractivity contribution in [2.75, 3.05) is 36.4 Å². The predicted octanol–water partition coefficient (Wildman–Crippen LogP) is 4.27. The van der Waals surface area contributed by atoms with Crippen LogP contribution in [0.25, 0.3) is 0 Å². The van der Waals surface area contributed by atoms with Crippen molar-refractivity contribution in [2.24, 2.45) is 0 Å². The van der Waals surface area contributed by atoms with Gasteiger partial charge in [-0.05, 0) is 36.4 Å². The second-order valence-electron chi connectivity index (χ2n) is 7.33. The number of pyridine rings is 1. The van der Waals surface area contributed by atoms with Crippen molar-refractivity contribution in [1.82, 2.24) is 9.88 Å². The van der Waals surface area contributed by atoms with E-state index in [2.05, 4.69) is 20.1 Å². The van der Waals surface area contributed by atoms with Crippen LogP contribution in [-0.4, -0.2) is 42.0 Å². The zero-order valence-electron chi connectivity index (χ0n) is 16.6. The summed E-state index contributed by atoms with van der Waals surface area (Å²) >= 11 is 0. The van der Waals surface area contributed by atoms with Crippen molar-refractivity contribution in [3.8, 4) is 0 Å². The molecule has 2 aromatic heterocycles. The quantitative estimate of drug-likeness (QED) is 0.655. The third kappa shape index (κ3) is 5.24. The fourth-order valence-corrected chi connectivity index (χ4v) is 3.46. The molecule has 0 saturated carbocycles. The van der Waals surface area contributed by atoms with Gasteiger partial charge in [-0.2, -0.15) is 13.2 Å². The molecule has 0 unspecified atom stereocenters. The van der Waals surface area contributed by atoms with Gasteiger partial charge in [0.05, 0.1) is 30.0 Å². The molecule has 31 heavy (non-hydrogen) atoms. The summed E-state index contributed by atoms with van der Waals surface area (Å²) in [5, 5.41) is 2.59. The van der Waals surface area contributed by atoms with E-state index >= 15 is 0 Å². The highest BCUT2D eigenvalue weighted by molar-refractivity contribution is 6.04. The minimum atomic E-state index is -4.50. The summed E-state index contributed by atoms with van der Waals surface area (Å²) in [5.41, 5.74) is 0.644. The Bertz CT molecular complexity index is 1010. The maximum absolute atomic E-state index is 12.8. The Balaban J connectivity index is 1.33. The maximum Gasteiger partial charge on any atom is 0.416 e. The lowest BCUT2D eigenvalue weighted by Crippen LogP contribution is -2.46. The molecule has 3 heterocycles. The molecule has 162 valence electrons. The maximum atomic E-state index is 12.8. The molecule has 9 heteroatoms. The number of amides is 1. The molecule has 0 aliphatic carbocycles. The molecule has 1 amide bonds. The molecule has 4 rings (SSSR count).